The molecule has 0 bridgehead atoms. The van der Waals surface area contributed by atoms with Crippen LogP contribution in [0.2, 0.25) is 0 Å². The summed E-state index contributed by atoms with van der Waals surface area (Å²) in [5.74, 6) is 0.305. The van der Waals surface area contributed by atoms with Gasteiger partial charge in [0.05, 0.1) is 6.04 Å². The lowest BCUT2D eigenvalue weighted by molar-refractivity contribution is 0.127. The van der Waals surface area contributed by atoms with Gasteiger partial charge >= 0.3 is 0 Å². The first-order valence-electron chi connectivity index (χ1n) is 5.80. The summed E-state index contributed by atoms with van der Waals surface area (Å²) in [4.78, 5) is 4.65. The van der Waals surface area contributed by atoms with Crippen LogP contribution in [-0.2, 0) is 0 Å². The van der Waals surface area contributed by atoms with Crippen LogP contribution in [0.1, 0.15) is 26.2 Å². The van der Waals surface area contributed by atoms with E-state index < -0.39 is 0 Å². The minimum Gasteiger partial charge on any atom is -0.386 e. The first-order chi connectivity index (χ1) is 7.06. The molecule has 0 spiro atoms. The summed E-state index contributed by atoms with van der Waals surface area (Å²) in [6.07, 6.45) is 3.31. The van der Waals surface area contributed by atoms with Crippen LogP contribution >= 0.6 is 0 Å². The summed E-state index contributed by atoms with van der Waals surface area (Å²) in [5, 5.41) is 7.57. The van der Waals surface area contributed by atoms with E-state index in [1.807, 2.05) is 0 Å². The van der Waals surface area contributed by atoms with Gasteiger partial charge in [0.15, 0.2) is 0 Å². The van der Waals surface area contributed by atoms with Crippen LogP contribution in [0.15, 0.2) is 0 Å². The van der Waals surface area contributed by atoms with Crippen molar-refractivity contribution in [2.24, 2.45) is 5.73 Å². The maximum atomic E-state index is 7.57. The van der Waals surface area contributed by atoms with Crippen LogP contribution in [0.5, 0.6) is 0 Å². The number of piperidine rings is 1. The van der Waals surface area contributed by atoms with Crippen molar-refractivity contribution in [1.82, 2.24) is 9.80 Å². The molecule has 0 saturated carbocycles. The predicted molar refractivity (Wildman–Crippen MR) is 64.3 cm³/mol. The van der Waals surface area contributed by atoms with Gasteiger partial charge in [-0.3, -0.25) is 10.3 Å². The highest BCUT2D eigenvalue weighted by Gasteiger charge is 2.26. The predicted octanol–water partition coefficient (Wildman–Crippen LogP) is 0.727. The molecule has 1 aliphatic rings. The standard InChI is InChI=1S/C11H24N4/c1-4-10(11(12)13)15(3)9-5-7-14(2)8-6-9/h9-10H,4-8H2,1-3H3,(H3,12,13). The zero-order chi connectivity index (χ0) is 11.4. The zero-order valence-corrected chi connectivity index (χ0v) is 10.2. The largest absolute Gasteiger partial charge is 0.386 e. The normalized spacial score (nSPS) is 21.9. The minimum atomic E-state index is 0.124. The topological polar surface area (TPSA) is 56.4 Å². The lowest BCUT2D eigenvalue weighted by atomic mass is 10.0. The zero-order valence-electron chi connectivity index (χ0n) is 10.2. The van der Waals surface area contributed by atoms with Gasteiger partial charge in [-0.15, -0.1) is 0 Å². The highest BCUT2D eigenvalue weighted by atomic mass is 15.2. The number of nitrogens with one attached hydrogen (secondary N) is 1. The van der Waals surface area contributed by atoms with Gasteiger partial charge < -0.3 is 10.6 Å². The van der Waals surface area contributed by atoms with E-state index in [1.165, 1.54) is 12.8 Å². The van der Waals surface area contributed by atoms with E-state index in [2.05, 4.69) is 30.8 Å². The highest BCUT2D eigenvalue weighted by molar-refractivity contribution is 5.82. The molecule has 3 N–H and O–H groups in total. The molecular formula is C11H24N4. The van der Waals surface area contributed by atoms with Crippen molar-refractivity contribution in [3.8, 4) is 0 Å². The first-order valence-corrected chi connectivity index (χ1v) is 5.80. The molecule has 0 amide bonds. The van der Waals surface area contributed by atoms with Crippen LogP contribution in [-0.4, -0.2) is 54.9 Å². The summed E-state index contributed by atoms with van der Waals surface area (Å²) < 4.78 is 0. The molecule has 0 aromatic carbocycles. The fourth-order valence-corrected chi connectivity index (χ4v) is 2.38. The Labute approximate surface area is 92.9 Å². The molecule has 4 heteroatoms. The Balaban J connectivity index is 2.51. The molecule has 4 nitrogen and oxygen atoms in total. The highest BCUT2D eigenvalue weighted by Crippen LogP contribution is 2.17. The average Bonchev–Trinajstić information content (AvgIpc) is 2.19. The second-order valence-corrected chi connectivity index (χ2v) is 4.58. The third-order valence-corrected chi connectivity index (χ3v) is 3.50. The van der Waals surface area contributed by atoms with E-state index in [-0.39, 0.29) is 6.04 Å². The van der Waals surface area contributed by atoms with E-state index in [1.54, 1.807) is 0 Å². The van der Waals surface area contributed by atoms with Crippen molar-refractivity contribution in [2.75, 3.05) is 27.2 Å². The molecular weight excluding hydrogens is 188 g/mol. The molecule has 88 valence electrons. The smallest absolute Gasteiger partial charge is 0.108 e. The molecule has 15 heavy (non-hydrogen) atoms. The van der Waals surface area contributed by atoms with Gasteiger partial charge in [-0.05, 0) is 46.4 Å². The number of hydrogen-bond acceptors (Lipinski definition) is 3. The summed E-state index contributed by atoms with van der Waals surface area (Å²) >= 11 is 0. The van der Waals surface area contributed by atoms with E-state index in [4.69, 9.17) is 11.1 Å². The molecule has 1 atom stereocenters. The minimum absolute atomic E-state index is 0.124. The van der Waals surface area contributed by atoms with Crippen LogP contribution in [0.3, 0.4) is 0 Å². The lowest BCUT2D eigenvalue weighted by Gasteiger charge is -2.38. The van der Waals surface area contributed by atoms with Crippen molar-refractivity contribution in [1.29, 1.82) is 5.41 Å². The van der Waals surface area contributed by atoms with Crippen LogP contribution in [0.4, 0.5) is 0 Å². The Morgan fingerprint density at radius 1 is 1.53 bits per heavy atom. The molecule has 0 aromatic heterocycles. The quantitative estimate of drug-likeness (QED) is 0.533. The van der Waals surface area contributed by atoms with Crippen molar-refractivity contribution in [2.45, 2.75) is 38.3 Å². The first kappa shape index (κ1) is 12.5. The van der Waals surface area contributed by atoms with E-state index in [9.17, 15) is 0 Å². The van der Waals surface area contributed by atoms with E-state index >= 15 is 0 Å². The van der Waals surface area contributed by atoms with Crippen LogP contribution in [0, 0.1) is 5.41 Å². The van der Waals surface area contributed by atoms with Crippen molar-refractivity contribution >= 4 is 5.84 Å². The Hall–Kier alpha value is -0.610. The second-order valence-electron chi connectivity index (χ2n) is 4.58. The Morgan fingerprint density at radius 2 is 2.07 bits per heavy atom. The third-order valence-electron chi connectivity index (χ3n) is 3.50. The molecule has 1 unspecified atom stereocenters. The summed E-state index contributed by atoms with van der Waals surface area (Å²) in [5.41, 5.74) is 5.61. The van der Waals surface area contributed by atoms with Gasteiger partial charge in [0.1, 0.15) is 5.84 Å². The Morgan fingerprint density at radius 3 is 2.47 bits per heavy atom. The van der Waals surface area contributed by atoms with Gasteiger partial charge in [-0.1, -0.05) is 6.92 Å². The van der Waals surface area contributed by atoms with Gasteiger partial charge in [0.2, 0.25) is 0 Å². The maximum absolute atomic E-state index is 7.57. The van der Waals surface area contributed by atoms with Gasteiger partial charge in [-0.25, -0.2) is 0 Å². The molecule has 0 radical (unpaired) electrons. The molecule has 1 saturated heterocycles. The molecule has 1 heterocycles. The van der Waals surface area contributed by atoms with Crippen LogP contribution < -0.4 is 5.73 Å². The number of hydrogen-bond donors (Lipinski definition) is 2. The second kappa shape index (κ2) is 5.47. The fourth-order valence-electron chi connectivity index (χ4n) is 2.38. The SMILES string of the molecule is CCC(C(=N)N)N(C)C1CCN(C)CC1. The Bertz CT molecular complexity index is 209. The lowest BCUT2D eigenvalue weighted by Crippen LogP contribution is -2.50. The van der Waals surface area contributed by atoms with Gasteiger partial charge in [0, 0.05) is 6.04 Å². The average molecular weight is 212 g/mol. The molecule has 1 fully saturated rings. The summed E-state index contributed by atoms with van der Waals surface area (Å²) in [6, 6.07) is 0.716. The monoisotopic (exact) mass is 212 g/mol. The maximum Gasteiger partial charge on any atom is 0.108 e. The van der Waals surface area contributed by atoms with E-state index in [0.29, 0.717) is 11.9 Å². The summed E-state index contributed by atoms with van der Waals surface area (Å²) in [7, 11) is 4.27. The van der Waals surface area contributed by atoms with Gasteiger partial charge in [-0.2, -0.15) is 0 Å². The Kier molecular flexibility index (Phi) is 4.54. The number of likely N-dealkylation sites (tertiary alicyclic amines) is 1. The molecule has 1 rings (SSSR count). The number of rotatable bonds is 4. The van der Waals surface area contributed by atoms with Gasteiger partial charge in [0.25, 0.3) is 0 Å². The third kappa shape index (κ3) is 3.18. The van der Waals surface area contributed by atoms with Crippen molar-refractivity contribution in [3.63, 3.8) is 0 Å². The number of nitrogens with zero attached hydrogens (tertiary/aromatic N) is 2. The molecule has 1 aliphatic heterocycles. The fraction of sp³-hybridized carbons (Fsp3) is 0.909. The summed E-state index contributed by atoms with van der Waals surface area (Å²) in [6.45, 7) is 4.41. The number of nitrogens with two attached hydrogens (primary N) is 1. The van der Waals surface area contributed by atoms with Crippen LogP contribution in [0.25, 0.3) is 0 Å². The number of amidine groups is 1. The molecule has 0 aromatic rings. The van der Waals surface area contributed by atoms with E-state index in [0.717, 1.165) is 19.5 Å². The van der Waals surface area contributed by atoms with Crippen molar-refractivity contribution < 1.29 is 0 Å². The number of likely N-dealkylation sites (N-methyl/N-ethyl adjacent to an activating group) is 1. The van der Waals surface area contributed by atoms with Crippen molar-refractivity contribution in [3.05, 3.63) is 0 Å². The molecule has 0 aliphatic carbocycles.